The molecule has 4 nitrogen and oxygen atoms in total. The Morgan fingerprint density at radius 3 is 3.00 bits per heavy atom. The number of allylic oxidation sites excluding steroid dienone is 3. The van der Waals surface area contributed by atoms with Gasteiger partial charge in [-0.3, -0.25) is 4.79 Å². The second kappa shape index (κ2) is 4.45. The van der Waals surface area contributed by atoms with Gasteiger partial charge in [0, 0.05) is 13.0 Å². The van der Waals surface area contributed by atoms with E-state index in [-0.39, 0.29) is 5.78 Å². The van der Waals surface area contributed by atoms with E-state index >= 15 is 0 Å². The molecule has 0 saturated carbocycles. The van der Waals surface area contributed by atoms with Gasteiger partial charge in [-0.05, 0) is 12.0 Å². The smallest absolute Gasteiger partial charge is 0.312 e. The molecule has 1 aliphatic rings. The number of rotatable bonds is 3. The summed E-state index contributed by atoms with van der Waals surface area (Å²) in [4.78, 5) is 21.5. The number of amides is 2. The van der Waals surface area contributed by atoms with Crippen molar-refractivity contribution in [3.05, 3.63) is 23.8 Å². The summed E-state index contributed by atoms with van der Waals surface area (Å²) >= 11 is 0. The second-order valence-electron chi connectivity index (χ2n) is 2.79. The Balaban J connectivity index is 2.35. The Labute approximate surface area is 76.5 Å². The molecule has 0 aromatic rings. The molecule has 0 spiro atoms. The van der Waals surface area contributed by atoms with Gasteiger partial charge in [-0.25, -0.2) is 4.79 Å². The third-order valence-corrected chi connectivity index (χ3v) is 1.79. The molecule has 0 unspecified atom stereocenters. The first-order valence-corrected chi connectivity index (χ1v) is 4.12. The average molecular weight is 180 g/mol. The van der Waals surface area contributed by atoms with Crippen LogP contribution in [0.5, 0.6) is 0 Å². The average Bonchev–Trinajstić information content (AvgIpc) is 2.08. The van der Waals surface area contributed by atoms with Crippen LogP contribution >= 0.6 is 0 Å². The van der Waals surface area contributed by atoms with Gasteiger partial charge in [0.2, 0.25) is 0 Å². The van der Waals surface area contributed by atoms with E-state index in [1.54, 1.807) is 6.08 Å². The van der Waals surface area contributed by atoms with E-state index < -0.39 is 6.03 Å². The maximum absolute atomic E-state index is 11.2. The lowest BCUT2D eigenvalue weighted by Crippen LogP contribution is -2.30. The lowest BCUT2D eigenvalue weighted by atomic mass is 10.0. The maximum Gasteiger partial charge on any atom is 0.312 e. The summed E-state index contributed by atoms with van der Waals surface area (Å²) in [5.74, 6) is 0.119. The van der Waals surface area contributed by atoms with Crippen LogP contribution in [-0.2, 0) is 4.79 Å². The zero-order valence-electron chi connectivity index (χ0n) is 7.25. The SMILES string of the molecule is NC(=O)NCCC1=CC=CCC1=O. The van der Waals surface area contributed by atoms with Crippen molar-refractivity contribution in [1.82, 2.24) is 5.32 Å². The number of hydrogen-bond acceptors (Lipinski definition) is 2. The van der Waals surface area contributed by atoms with Crippen molar-refractivity contribution in [1.29, 1.82) is 0 Å². The van der Waals surface area contributed by atoms with Crippen molar-refractivity contribution in [2.75, 3.05) is 6.54 Å². The Morgan fingerprint density at radius 2 is 2.38 bits per heavy atom. The molecule has 0 saturated heterocycles. The van der Waals surface area contributed by atoms with E-state index in [4.69, 9.17) is 5.73 Å². The van der Waals surface area contributed by atoms with Crippen LogP contribution in [0.2, 0.25) is 0 Å². The van der Waals surface area contributed by atoms with E-state index in [0.29, 0.717) is 19.4 Å². The van der Waals surface area contributed by atoms with Gasteiger partial charge in [-0.1, -0.05) is 18.2 Å². The zero-order valence-corrected chi connectivity index (χ0v) is 7.25. The van der Waals surface area contributed by atoms with Crippen LogP contribution < -0.4 is 11.1 Å². The molecule has 0 aliphatic heterocycles. The lowest BCUT2D eigenvalue weighted by molar-refractivity contribution is -0.115. The minimum Gasteiger partial charge on any atom is -0.352 e. The van der Waals surface area contributed by atoms with Crippen LogP contribution in [0, 0.1) is 0 Å². The topological polar surface area (TPSA) is 72.2 Å². The Hall–Kier alpha value is -1.58. The van der Waals surface area contributed by atoms with Crippen LogP contribution in [0.15, 0.2) is 23.8 Å². The molecule has 3 N–H and O–H groups in total. The molecule has 0 aromatic carbocycles. The number of urea groups is 1. The zero-order chi connectivity index (χ0) is 9.68. The van der Waals surface area contributed by atoms with Gasteiger partial charge in [0.15, 0.2) is 5.78 Å². The number of carbonyl (C=O) groups is 2. The van der Waals surface area contributed by atoms with E-state index in [0.717, 1.165) is 5.57 Å². The van der Waals surface area contributed by atoms with E-state index in [1.807, 2.05) is 12.2 Å². The molecule has 1 rings (SSSR count). The summed E-state index contributed by atoms with van der Waals surface area (Å²) < 4.78 is 0. The number of hydrogen-bond donors (Lipinski definition) is 2. The summed E-state index contributed by atoms with van der Waals surface area (Å²) in [7, 11) is 0. The largest absolute Gasteiger partial charge is 0.352 e. The molecule has 0 atom stereocenters. The minimum atomic E-state index is -0.556. The second-order valence-corrected chi connectivity index (χ2v) is 2.79. The fraction of sp³-hybridized carbons (Fsp3) is 0.333. The molecule has 0 radical (unpaired) electrons. The molecule has 4 heteroatoms. The van der Waals surface area contributed by atoms with Crippen molar-refractivity contribution in [3.8, 4) is 0 Å². The molecule has 0 bridgehead atoms. The van der Waals surface area contributed by atoms with Crippen molar-refractivity contribution in [2.24, 2.45) is 5.73 Å². The monoisotopic (exact) mass is 180 g/mol. The first-order valence-electron chi connectivity index (χ1n) is 4.12. The van der Waals surface area contributed by atoms with Crippen molar-refractivity contribution in [2.45, 2.75) is 12.8 Å². The predicted molar refractivity (Wildman–Crippen MR) is 49.1 cm³/mol. The lowest BCUT2D eigenvalue weighted by Gasteiger charge is -2.07. The van der Waals surface area contributed by atoms with E-state index in [2.05, 4.69) is 5.32 Å². The molecule has 0 fully saturated rings. The predicted octanol–water partition coefficient (Wildman–Crippen LogP) is 0.500. The van der Waals surface area contributed by atoms with Crippen LogP contribution in [0.4, 0.5) is 4.79 Å². The van der Waals surface area contributed by atoms with Crippen LogP contribution in [0.25, 0.3) is 0 Å². The fourth-order valence-electron chi connectivity index (χ4n) is 1.13. The summed E-state index contributed by atoms with van der Waals surface area (Å²) in [5, 5.41) is 2.44. The highest BCUT2D eigenvalue weighted by atomic mass is 16.2. The van der Waals surface area contributed by atoms with Gasteiger partial charge in [0.25, 0.3) is 0 Å². The molecular formula is C9H12N2O2. The van der Waals surface area contributed by atoms with Crippen molar-refractivity contribution >= 4 is 11.8 Å². The normalized spacial score (nSPS) is 15.4. The van der Waals surface area contributed by atoms with Gasteiger partial charge in [0.05, 0.1) is 0 Å². The van der Waals surface area contributed by atoms with Gasteiger partial charge in [-0.2, -0.15) is 0 Å². The number of nitrogens with one attached hydrogen (secondary N) is 1. The Morgan fingerprint density at radius 1 is 1.62 bits per heavy atom. The molecule has 2 amide bonds. The number of ketones is 1. The highest BCUT2D eigenvalue weighted by Gasteiger charge is 2.09. The standard InChI is InChI=1S/C9H12N2O2/c10-9(13)11-6-5-7-3-1-2-4-8(7)12/h1-3H,4-6H2,(H3,10,11,13). The fourth-order valence-corrected chi connectivity index (χ4v) is 1.13. The first kappa shape index (κ1) is 9.51. The van der Waals surface area contributed by atoms with Crippen molar-refractivity contribution in [3.63, 3.8) is 0 Å². The number of primary amides is 1. The third kappa shape index (κ3) is 3.11. The summed E-state index contributed by atoms with van der Waals surface area (Å²) in [6.45, 7) is 0.417. The highest BCUT2D eigenvalue weighted by Crippen LogP contribution is 2.10. The van der Waals surface area contributed by atoms with Gasteiger partial charge >= 0.3 is 6.03 Å². The van der Waals surface area contributed by atoms with Gasteiger partial charge in [0.1, 0.15) is 0 Å². The number of carbonyl (C=O) groups excluding carboxylic acids is 2. The molecular weight excluding hydrogens is 168 g/mol. The molecule has 13 heavy (non-hydrogen) atoms. The molecule has 0 aromatic heterocycles. The molecule has 1 aliphatic carbocycles. The van der Waals surface area contributed by atoms with Crippen LogP contribution in [0.3, 0.4) is 0 Å². The van der Waals surface area contributed by atoms with Gasteiger partial charge in [-0.15, -0.1) is 0 Å². The maximum atomic E-state index is 11.2. The molecule has 70 valence electrons. The quantitative estimate of drug-likeness (QED) is 0.663. The highest BCUT2D eigenvalue weighted by molar-refractivity contribution is 5.97. The molecule has 0 heterocycles. The number of Topliss-reactive ketones (excluding diaryl/α,β-unsaturated/α-hetero) is 1. The van der Waals surface area contributed by atoms with Crippen molar-refractivity contribution < 1.29 is 9.59 Å². The summed E-state index contributed by atoms with van der Waals surface area (Å²) in [6.07, 6.45) is 6.44. The van der Waals surface area contributed by atoms with Crippen LogP contribution in [-0.4, -0.2) is 18.4 Å². The third-order valence-electron chi connectivity index (χ3n) is 1.79. The summed E-state index contributed by atoms with van der Waals surface area (Å²) in [6, 6.07) is -0.556. The first-order chi connectivity index (χ1) is 6.20. The Bertz CT molecular complexity index is 279. The summed E-state index contributed by atoms with van der Waals surface area (Å²) in [5.41, 5.74) is 5.62. The minimum absolute atomic E-state index is 0.119. The number of nitrogens with two attached hydrogens (primary N) is 1. The van der Waals surface area contributed by atoms with Crippen LogP contribution in [0.1, 0.15) is 12.8 Å². The Kier molecular flexibility index (Phi) is 3.25. The van der Waals surface area contributed by atoms with E-state index in [1.165, 1.54) is 0 Å². The van der Waals surface area contributed by atoms with Gasteiger partial charge < -0.3 is 11.1 Å². The van der Waals surface area contributed by atoms with E-state index in [9.17, 15) is 9.59 Å².